The van der Waals surface area contributed by atoms with Gasteiger partial charge in [0.15, 0.2) is 0 Å². The molecule has 0 spiro atoms. The van der Waals surface area contributed by atoms with Gasteiger partial charge in [0.1, 0.15) is 18.4 Å². The lowest BCUT2D eigenvalue weighted by atomic mass is 10.00. The van der Waals surface area contributed by atoms with Gasteiger partial charge in [-0.2, -0.15) is 4.80 Å². The number of amides is 2. The molecule has 2 amide bonds. The molecule has 0 aliphatic rings. The molecule has 0 unspecified atom stereocenters. The number of aromatic nitrogens is 5. The van der Waals surface area contributed by atoms with Crippen molar-refractivity contribution in [3.8, 4) is 11.4 Å². The Morgan fingerprint density at radius 2 is 1.59 bits per heavy atom. The maximum atomic E-state index is 14.0. The van der Waals surface area contributed by atoms with Crippen molar-refractivity contribution < 1.29 is 14.0 Å². The van der Waals surface area contributed by atoms with E-state index in [1.54, 1.807) is 24.5 Å². The van der Waals surface area contributed by atoms with Crippen molar-refractivity contribution in [2.24, 2.45) is 0 Å². The minimum Gasteiger partial charge on any atom is -0.349 e. The molecular weight excluding hydrogens is 497 g/mol. The van der Waals surface area contributed by atoms with Crippen LogP contribution in [0.4, 0.5) is 10.1 Å². The molecule has 4 rings (SSSR count). The molecular formula is C29H32FN7O2. The Bertz CT molecular complexity index is 1410. The second-order valence-corrected chi connectivity index (χ2v) is 10.6. The monoisotopic (exact) mass is 529 g/mol. The van der Waals surface area contributed by atoms with Crippen LogP contribution in [0.25, 0.3) is 11.4 Å². The molecule has 0 saturated heterocycles. The summed E-state index contributed by atoms with van der Waals surface area (Å²) in [5, 5.41) is 15.4. The second kappa shape index (κ2) is 11.5. The van der Waals surface area contributed by atoms with Crippen molar-refractivity contribution in [3.63, 3.8) is 0 Å². The number of nitrogens with zero attached hydrogens (tertiary/aromatic N) is 6. The van der Waals surface area contributed by atoms with E-state index in [0.717, 1.165) is 5.56 Å². The Morgan fingerprint density at radius 1 is 0.949 bits per heavy atom. The number of nitrogens with one attached hydrogen (secondary N) is 1. The molecule has 0 aliphatic carbocycles. The third-order valence-electron chi connectivity index (χ3n) is 5.97. The Kier molecular flexibility index (Phi) is 8.13. The zero-order valence-corrected chi connectivity index (χ0v) is 22.7. The van der Waals surface area contributed by atoms with Gasteiger partial charge in [0.2, 0.25) is 11.7 Å². The van der Waals surface area contributed by atoms with Gasteiger partial charge in [-0.3, -0.25) is 19.5 Å². The van der Waals surface area contributed by atoms with Crippen molar-refractivity contribution in [2.45, 2.75) is 58.7 Å². The van der Waals surface area contributed by atoms with Gasteiger partial charge in [-0.25, -0.2) is 4.39 Å². The Hall–Kier alpha value is -4.47. The van der Waals surface area contributed by atoms with Gasteiger partial charge in [-0.1, -0.05) is 26.0 Å². The highest BCUT2D eigenvalue weighted by molar-refractivity contribution is 6.01. The Labute approximate surface area is 227 Å². The number of hydrogen-bond acceptors (Lipinski definition) is 6. The third kappa shape index (κ3) is 6.90. The predicted molar refractivity (Wildman–Crippen MR) is 146 cm³/mol. The fourth-order valence-electron chi connectivity index (χ4n) is 4.08. The van der Waals surface area contributed by atoms with E-state index < -0.39 is 17.5 Å². The largest absolute Gasteiger partial charge is 0.349 e. The van der Waals surface area contributed by atoms with Crippen LogP contribution in [0.3, 0.4) is 0 Å². The molecule has 0 radical (unpaired) electrons. The van der Waals surface area contributed by atoms with E-state index in [4.69, 9.17) is 0 Å². The van der Waals surface area contributed by atoms with Crippen LogP contribution in [0, 0.1) is 5.82 Å². The van der Waals surface area contributed by atoms with E-state index in [2.05, 4.69) is 39.6 Å². The van der Waals surface area contributed by atoms with E-state index in [1.807, 2.05) is 45.0 Å². The number of pyridine rings is 1. The van der Waals surface area contributed by atoms with Crippen LogP contribution in [-0.4, -0.2) is 42.5 Å². The summed E-state index contributed by atoms with van der Waals surface area (Å²) in [6, 6.07) is 15.7. The summed E-state index contributed by atoms with van der Waals surface area (Å²) in [5.41, 5.74) is 2.29. The molecule has 9 nitrogen and oxygen atoms in total. The SMILES string of the molecule is CC(C)c1ccc(N(C(=O)Cn2nnc(-c3ccc(F)cc3)n2)[C@@H](C(=O)NC(C)(C)C)c2ccncc2)cc1. The minimum absolute atomic E-state index is 0.256. The summed E-state index contributed by atoms with van der Waals surface area (Å²) in [5.74, 6) is -0.578. The fourth-order valence-corrected chi connectivity index (χ4v) is 4.08. The molecule has 0 saturated carbocycles. The van der Waals surface area contributed by atoms with Crippen molar-refractivity contribution in [3.05, 3.63) is 90.0 Å². The van der Waals surface area contributed by atoms with Crippen molar-refractivity contribution in [1.82, 2.24) is 30.5 Å². The summed E-state index contributed by atoms with van der Waals surface area (Å²) in [7, 11) is 0. The summed E-state index contributed by atoms with van der Waals surface area (Å²) in [6.45, 7) is 9.55. The van der Waals surface area contributed by atoms with E-state index in [9.17, 15) is 14.0 Å². The van der Waals surface area contributed by atoms with Gasteiger partial charge in [-0.05, 0) is 91.6 Å². The summed E-state index contributed by atoms with van der Waals surface area (Å²) >= 11 is 0. The smallest absolute Gasteiger partial charge is 0.251 e. The number of hydrogen-bond donors (Lipinski definition) is 1. The first-order valence-electron chi connectivity index (χ1n) is 12.7. The molecule has 2 aromatic carbocycles. The topological polar surface area (TPSA) is 106 Å². The van der Waals surface area contributed by atoms with Crippen LogP contribution in [0.15, 0.2) is 73.1 Å². The van der Waals surface area contributed by atoms with Crippen LogP contribution in [0.2, 0.25) is 0 Å². The van der Waals surface area contributed by atoms with Crippen LogP contribution >= 0.6 is 0 Å². The highest BCUT2D eigenvalue weighted by Gasteiger charge is 2.35. The van der Waals surface area contributed by atoms with Crippen LogP contribution in [-0.2, 0) is 16.1 Å². The maximum absolute atomic E-state index is 14.0. The number of anilines is 1. The molecule has 10 heteroatoms. The first kappa shape index (κ1) is 27.6. The first-order valence-corrected chi connectivity index (χ1v) is 12.7. The fraction of sp³-hybridized carbons (Fsp3) is 0.310. The van der Waals surface area contributed by atoms with Crippen molar-refractivity contribution in [1.29, 1.82) is 0 Å². The lowest BCUT2D eigenvalue weighted by Crippen LogP contribution is -2.50. The van der Waals surface area contributed by atoms with Gasteiger partial charge < -0.3 is 5.32 Å². The second-order valence-electron chi connectivity index (χ2n) is 10.6. The first-order chi connectivity index (χ1) is 18.5. The normalized spacial score (nSPS) is 12.3. The van der Waals surface area contributed by atoms with E-state index in [1.165, 1.54) is 34.0 Å². The molecule has 1 N–H and O–H groups in total. The molecule has 0 fully saturated rings. The standard InChI is InChI=1S/C29H32FN7O2/c1-19(2)20-8-12-24(13-9-20)37(26(21-14-16-31-17-15-21)28(39)32-29(3,4)5)25(38)18-36-34-27(33-35-36)22-6-10-23(30)11-7-22/h6-17,19,26H,18H2,1-5H3,(H,32,39)/t26-/m1/s1. The molecule has 1 atom stereocenters. The number of tetrazole rings is 1. The maximum Gasteiger partial charge on any atom is 0.251 e. The van der Waals surface area contributed by atoms with Crippen LogP contribution < -0.4 is 10.2 Å². The van der Waals surface area contributed by atoms with Gasteiger partial charge >= 0.3 is 0 Å². The van der Waals surface area contributed by atoms with Gasteiger partial charge in [0.25, 0.3) is 5.91 Å². The quantitative estimate of drug-likeness (QED) is 0.355. The minimum atomic E-state index is -0.982. The zero-order valence-electron chi connectivity index (χ0n) is 22.7. The highest BCUT2D eigenvalue weighted by Crippen LogP contribution is 2.30. The molecule has 2 aromatic heterocycles. The summed E-state index contributed by atoms with van der Waals surface area (Å²) < 4.78 is 13.3. The van der Waals surface area contributed by atoms with Crippen molar-refractivity contribution in [2.75, 3.05) is 4.90 Å². The molecule has 202 valence electrons. The average molecular weight is 530 g/mol. The van der Waals surface area contributed by atoms with Crippen LogP contribution in [0.5, 0.6) is 0 Å². The average Bonchev–Trinajstić information content (AvgIpc) is 3.35. The van der Waals surface area contributed by atoms with E-state index in [0.29, 0.717) is 22.7 Å². The predicted octanol–water partition coefficient (Wildman–Crippen LogP) is 4.69. The molecule has 4 aromatic rings. The van der Waals surface area contributed by atoms with Gasteiger partial charge in [-0.15, -0.1) is 10.2 Å². The number of carbonyl (C=O) groups is 2. The van der Waals surface area contributed by atoms with Gasteiger partial charge in [0, 0.05) is 29.2 Å². The number of benzene rings is 2. The van der Waals surface area contributed by atoms with Crippen molar-refractivity contribution >= 4 is 17.5 Å². The zero-order chi connectivity index (χ0) is 28.2. The van der Waals surface area contributed by atoms with Gasteiger partial charge in [0.05, 0.1) is 0 Å². The van der Waals surface area contributed by atoms with Crippen LogP contribution in [0.1, 0.15) is 57.7 Å². The highest BCUT2D eigenvalue weighted by atomic mass is 19.1. The van der Waals surface area contributed by atoms with E-state index in [-0.39, 0.29) is 24.1 Å². The van der Waals surface area contributed by atoms with E-state index >= 15 is 0 Å². The molecule has 39 heavy (non-hydrogen) atoms. The molecule has 0 bridgehead atoms. The number of rotatable bonds is 8. The molecule has 0 aliphatic heterocycles. The molecule has 2 heterocycles. The summed E-state index contributed by atoms with van der Waals surface area (Å²) in [4.78, 5) is 34.4. The lowest BCUT2D eigenvalue weighted by molar-refractivity contribution is -0.128. The lowest BCUT2D eigenvalue weighted by Gasteiger charge is -2.33. The number of halogens is 1. The summed E-state index contributed by atoms with van der Waals surface area (Å²) in [6.07, 6.45) is 3.18. The Balaban J connectivity index is 1.73. The third-order valence-corrected chi connectivity index (χ3v) is 5.97. The Morgan fingerprint density at radius 3 is 2.18 bits per heavy atom. The number of carbonyl (C=O) groups excluding carboxylic acids is 2.